The molecule has 1 N–H and O–H groups in total. The molecule has 2 rings (SSSR count). The van der Waals surface area contributed by atoms with Gasteiger partial charge < -0.3 is 9.84 Å². The van der Waals surface area contributed by atoms with Crippen molar-refractivity contribution >= 4 is 5.97 Å². The lowest BCUT2D eigenvalue weighted by Gasteiger charge is -2.36. The standard InChI is InChI=1S/C16H22FNO3/c1-3-14(11-6-5-7-12(17)8-11)18(4-2)15-10-21-9-13(15)16(19)20/h5-8,13-15H,3-4,9-10H2,1-2H3,(H,19,20). The lowest BCUT2D eigenvalue weighted by molar-refractivity contribution is -0.143. The maximum absolute atomic E-state index is 13.5. The van der Waals surface area contributed by atoms with Crippen molar-refractivity contribution in [1.82, 2.24) is 4.90 Å². The van der Waals surface area contributed by atoms with Crippen LogP contribution < -0.4 is 0 Å². The molecule has 3 unspecified atom stereocenters. The van der Waals surface area contributed by atoms with Gasteiger partial charge >= 0.3 is 5.97 Å². The van der Waals surface area contributed by atoms with E-state index in [0.29, 0.717) is 13.2 Å². The van der Waals surface area contributed by atoms with E-state index in [1.807, 2.05) is 19.9 Å². The first-order valence-corrected chi connectivity index (χ1v) is 7.40. The lowest BCUT2D eigenvalue weighted by atomic mass is 9.96. The van der Waals surface area contributed by atoms with Gasteiger partial charge in [-0.1, -0.05) is 26.0 Å². The molecule has 21 heavy (non-hydrogen) atoms. The summed E-state index contributed by atoms with van der Waals surface area (Å²) in [6.45, 7) is 5.39. The van der Waals surface area contributed by atoms with Gasteiger partial charge in [-0.15, -0.1) is 0 Å². The second-order valence-electron chi connectivity index (χ2n) is 5.36. The first kappa shape index (κ1) is 15.9. The van der Waals surface area contributed by atoms with Crippen molar-refractivity contribution in [2.24, 2.45) is 5.92 Å². The average Bonchev–Trinajstić information content (AvgIpc) is 2.93. The number of ether oxygens (including phenoxy) is 1. The van der Waals surface area contributed by atoms with Gasteiger partial charge in [0.25, 0.3) is 0 Å². The Labute approximate surface area is 124 Å². The molecule has 116 valence electrons. The summed E-state index contributed by atoms with van der Waals surface area (Å²) in [7, 11) is 0. The fraction of sp³-hybridized carbons (Fsp3) is 0.562. The SMILES string of the molecule is CCC(c1cccc(F)c1)N(CC)C1COCC1C(=O)O. The number of carboxylic acids is 1. The molecule has 1 aliphatic rings. The second kappa shape index (κ2) is 7.00. The summed E-state index contributed by atoms with van der Waals surface area (Å²) < 4.78 is 18.8. The molecule has 1 aromatic carbocycles. The highest BCUT2D eigenvalue weighted by Crippen LogP contribution is 2.31. The molecule has 0 aliphatic carbocycles. The number of benzene rings is 1. The summed E-state index contributed by atoms with van der Waals surface area (Å²) in [5.74, 6) is -1.61. The number of hydrogen-bond acceptors (Lipinski definition) is 3. The van der Waals surface area contributed by atoms with Crippen LogP contribution in [-0.2, 0) is 9.53 Å². The summed E-state index contributed by atoms with van der Waals surface area (Å²) in [4.78, 5) is 13.5. The van der Waals surface area contributed by atoms with E-state index in [1.165, 1.54) is 12.1 Å². The summed E-state index contributed by atoms with van der Waals surface area (Å²) in [6.07, 6.45) is 0.792. The van der Waals surface area contributed by atoms with Crippen LogP contribution in [0.2, 0.25) is 0 Å². The lowest BCUT2D eigenvalue weighted by Crippen LogP contribution is -2.45. The number of carboxylic acid groups (broad SMARTS) is 1. The van der Waals surface area contributed by atoms with Crippen LogP contribution >= 0.6 is 0 Å². The summed E-state index contributed by atoms with van der Waals surface area (Å²) in [6, 6.07) is 6.38. The van der Waals surface area contributed by atoms with Gasteiger partial charge in [-0.25, -0.2) is 4.39 Å². The Morgan fingerprint density at radius 1 is 1.48 bits per heavy atom. The van der Waals surface area contributed by atoms with Crippen LogP contribution in [0, 0.1) is 11.7 Å². The van der Waals surface area contributed by atoms with Crippen LogP contribution in [0.1, 0.15) is 31.9 Å². The van der Waals surface area contributed by atoms with Gasteiger partial charge in [0.15, 0.2) is 0 Å². The van der Waals surface area contributed by atoms with Crippen LogP contribution in [-0.4, -0.2) is 41.8 Å². The summed E-state index contributed by atoms with van der Waals surface area (Å²) in [5.41, 5.74) is 0.885. The van der Waals surface area contributed by atoms with Crippen molar-refractivity contribution in [2.75, 3.05) is 19.8 Å². The third-order valence-corrected chi connectivity index (χ3v) is 4.18. The van der Waals surface area contributed by atoms with Crippen LogP contribution in [0.4, 0.5) is 4.39 Å². The van der Waals surface area contributed by atoms with Crippen molar-refractivity contribution < 1.29 is 19.0 Å². The molecular weight excluding hydrogens is 273 g/mol. The van der Waals surface area contributed by atoms with Crippen LogP contribution in [0.15, 0.2) is 24.3 Å². The molecule has 0 saturated carbocycles. The van der Waals surface area contributed by atoms with Crippen LogP contribution in [0.5, 0.6) is 0 Å². The Kier molecular flexibility index (Phi) is 5.31. The minimum Gasteiger partial charge on any atom is -0.481 e. The van der Waals surface area contributed by atoms with Gasteiger partial charge in [0.1, 0.15) is 5.82 Å². The minimum atomic E-state index is -0.829. The normalized spacial score (nSPS) is 23.4. The third kappa shape index (κ3) is 3.41. The zero-order chi connectivity index (χ0) is 15.4. The topological polar surface area (TPSA) is 49.8 Å². The zero-order valence-electron chi connectivity index (χ0n) is 12.5. The van der Waals surface area contributed by atoms with Crippen molar-refractivity contribution in [3.8, 4) is 0 Å². The molecule has 0 radical (unpaired) electrons. The number of carbonyl (C=O) groups is 1. The molecule has 3 atom stereocenters. The van der Waals surface area contributed by atoms with E-state index in [2.05, 4.69) is 4.90 Å². The van der Waals surface area contributed by atoms with Gasteiger partial charge in [0.05, 0.1) is 19.1 Å². The quantitative estimate of drug-likeness (QED) is 0.876. The Morgan fingerprint density at radius 2 is 2.24 bits per heavy atom. The van der Waals surface area contributed by atoms with E-state index >= 15 is 0 Å². The van der Waals surface area contributed by atoms with Crippen molar-refractivity contribution in [1.29, 1.82) is 0 Å². The number of likely N-dealkylation sites (N-methyl/N-ethyl adjacent to an activating group) is 1. The molecule has 0 bridgehead atoms. The molecule has 0 amide bonds. The largest absolute Gasteiger partial charge is 0.481 e. The van der Waals surface area contributed by atoms with Gasteiger partial charge in [-0.3, -0.25) is 9.69 Å². The number of hydrogen-bond donors (Lipinski definition) is 1. The van der Waals surface area contributed by atoms with E-state index in [4.69, 9.17) is 4.74 Å². The highest BCUT2D eigenvalue weighted by atomic mass is 19.1. The molecule has 1 fully saturated rings. The van der Waals surface area contributed by atoms with Gasteiger partial charge in [0, 0.05) is 12.1 Å². The number of rotatable bonds is 6. The zero-order valence-corrected chi connectivity index (χ0v) is 12.5. The fourth-order valence-corrected chi connectivity index (χ4v) is 3.17. The Hall–Kier alpha value is -1.46. The molecule has 1 heterocycles. The molecule has 1 aromatic rings. The van der Waals surface area contributed by atoms with E-state index < -0.39 is 11.9 Å². The van der Waals surface area contributed by atoms with Crippen molar-refractivity contribution in [2.45, 2.75) is 32.4 Å². The number of halogens is 1. The fourth-order valence-electron chi connectivity index (χ4n) is 3.17. The van der Waals surface area contributed by atoms with E-state index in [0.717, 1.165) is 12.0 Å². The van der Waals surface area contributed by atoms with Crippen molar-refractivity contribution in [3.63, 3.8) is 0 Å². The van der Waals surface area contributed by atoms with Gasteiger partial charge in [0.2, 0.25) is 0 Å². The Balaban J connectivity index is 2.27. The molecule has 5 heteroatoms. The highest BCUT2D eigenvalue weighted by molar-refractivity contribution is 5.71. The predicted molar refractivity (Wildman–Crippen MR) is 77.5 cm³/mol. The smallest absolute Gasteiger partial charge is 0.310 e. The van der Waals surface area contributed by atoms with E-state index in [9.17, 15) is 14.3 Å². The highest BCUT2D eigenvalue weighted by Gasteiger charge is 2.39. The first-order valence-electron chi connectivity index (χ1n) is 7.40. The minimum absolute atomic E-state index is 0.000694. The maximum Gasteiger partial charge on any atom is 0.310 e. The van der Waals surface area contributed by atoms with Crippen LogP contribution in [0.3, 0.4) is 0 Å². The monoisotopic (exact) mass is 295 g/mol. The molecular formula is C16H22FNO3. The van der Waals surface area contributed by atoms with Gasteiger partial charge in [-0.05, 0) is 30.7 Å². The predicted octanol–water partition coefficient (Wildman–Crippen LogP) is 2.70. The molecule has 4 nitrogen and oxygen atoms in total. The molecule has 0 aromatic heterocycles. The molecule has 0 spiro atoms. The first-order chi connectivity index (χ1) is 10.1. The third-order valence-electron chi connectivity index (χ3n) is 4.18. The summed E-state index contributed by atoms with van der Waals surface area (Å²) >= 11 is 0. The summed E-state index contributed by atoms with van der Waals surface area (Å²) in [5, 5.41) is 9.33. The van der Waals surface area contributed by atoms with E-state index in [1.54, 1.807) is 6.07 Å². The molecule has 1 aliphatic heterocycles. The van der Waals surface area contributed by atoms with Gasteiger partial charge in [-0.2, -0.15) is 0 Å². The van der Waals surface area contributed by atoms with Crippen LogP contribution in [0.25, 0.3) is 0 Å². The van der Waals surface area contributed by atoms with E-state index in [-0.39, 0.29) is 24.5 Å². The maximum atomic E-state index is 13.5. The Bertz CT molecular complexity index is 494. The number of nitrogens with zero attached hydrogens (tertiary/aromatic N) is 1. The average molecular weight is 295 g/mol. The molecule has 1 saturated heterocycles. The Morgan fingerprint density at radius 3 is 2.81 bits per heavy atom. The number of aliphatic carboxylic acids is 1. The second-order valence-corrected chi connectivity index (χ2v) is 5.36. The van der Waals surface area contributed by atoms with Crippen molar-refractivity contribution in [3.05, 3.63) is 35.6 Å².